The van der Waals surface area contributed by atoms with Gasteiger partial charge >= 0.3 is 0 Å². The molecule has 6 rings (SSSR count). The number of likely N-dealkylation sites (tertiary alicyclic amines) is 1. The minimum Gasteiger partial charge on any atom is -0.361 e. The van der Waals surface area contributed by atoms with Gasteiger partial charge in [0.15, 0.2) is 28.7 Å². The lowest BCUT2D eigenvalue weighted by molar-refractivity contribution is 0.0651. The first-order chi connectivity index (χ1) is 26.9. The molecular weight excluding hydrogens is 833 g/mol. The van der Waals surface area contributed by atoms with Gasteiger partial charge in [-0.05, 0) is 40.5 Å². The van der Waals surface area contributed by atoms with Crippen molar-refractivity contribution in [1.29, 1.82) is 0 Å². The normalized spacial score (nSPS) is 13.8. The number of Topliss-reactive ketones (excluding diaryl/α,β-unsaturated/α-hetero) is 2. The lowest BCUT2D eigenvalue weighted by Gasteiger charge is -2.30. The van der Waals surface area contributed by atoms with Crippen LogP contribution in [-0.4, -0.2) is 98.5 Å². The highest BCUT2D eigenvalue weighted by Crippen LogP contribution is 2.29. The van der Waals surface area contributed by atoms with Gasteiger partial charge in [-0.25, -0.2) is 19.9 Å². The molecule has 6 heterocycles. The zero-order valence-corrected chi connectivity index (χ0v) is 40.0. The second-order valence-electron chi connectivity index (χ2n) is 19.6. The summed E-state index contributed by atoms with van der Waals surface area (Å²) < 4.78 is 17.9. The molecule has 5 aromatic rings. The lowest BCUT2D eigenvalue weighted by Crippen LogP contribution is -2.41. The quantitative estimate of drug-likeness (QED) is 0.0606. The number of carbonyl (C=O) groups excluding carboxylic acids is 3. The minimum absolute atomic E-state index is 0.00551. The molecule has 0 bridgehead atoms. The Balaban J connectivity index is 0.000000235. The van der Waals surface area contributed by atoms with E-state index in [-0.39, 0.29) is 17.5 Å². The molecule has 0 unspecified atom stereocenters. The fraction of sp³-hybridized carbons (Fsp3) is 0.548. The molecule has 0 aliphatic carbocycles. The van der Waals surface area contributed by atoms with E-state index in [0.717, 1.165) is 38.2 Å². The molecule has 1 amide bonds. The van der Waals surface area contributed by atoms with Crippen molar-refractivity contribution in [1.82, 2.24) is 38.5 Å². The van der Waals surface area contributed by atoms with Gasteiger partial charge in [-0.3, -0.25) is 14.4 Å². The van der Waals surface area contributed by atoms with Crippen LogP contribution in [0, 0.1) is 10.8 Å². The number of ketones is 2. The molecule has 0 aromatic carbocycles. The number of nitrogens with zero attached hydrogens (tertiary/aromatic N) is 8. The van der Waals surface area contributed by atoms with Crippen LogP contribution in [0.3, 0.4) is 0 Å². The van der Waals surface area contributed by atoms with Gasteiger partial charge in [0.2, 0.25) is 0 Å². The molecule has 1 aliphatic heterocycles. The molecule has 0 saturated carbocycles. The Labute approximate surface area is 353 Å². The maximum absolute atomic E-state index is 13.2. The molecule has 58 heavy (non-hydrogen) atoms. The van der Waals surface area contributed by atoms with E-state index in [0.29, 0.717) is 69.5 Å². The average molecular weight is 894 g/mol. The van der Waals surface area contributed by atoms with E-state index in [2.05, 4.69) is 70.2 Å². The van der Waals surface area contributed by atoms with E-state index in [9.17, 15) is 14.4 Å². The van der Waals surface area contributed by atoms with Gasteiger partial charge in [0.05, 0.1) is 29.1 Å². The third-order valence-corrected chi connectivity index (χ3v) is 13.5. The molecule has 0 spiro atoms. The minimum atomic E-state index is -1.19. The predicted molar refractivity (Wildman–Crippen MR) is 238 cm³/mol. The Morgan fingerprint density at radius 1 is 0.724 bits per heavy atom. The number of hydrogen-bond acceptors (Lipinski definition) is 9. The molecule has 1 fully saturated rings. The monoisotopic (exact) mass is 892 g/mol. The molecule has 0 atom stereocenters. The van der Waals surface area contributed by atoms with Crippen molar-refractivity contribution < 1.29 is 23.9 Å². The maximum Gasteiger partial charge on any atom is 0.255 e. The van der Waals surface area contributed by atoms with E-state index >= 15 is 0 Å². The molecule has 5 aromatic heterocycles. The van der Waals surface area contributed by atoms with Crippen LogP contribution in [0.4, 0.5) is 0 Å². The molecule has 13 nitrogen and oxygen atoms in total. The number of halogens is 1. The Morgan fingerprint density at radius 2 is 1.21 bits per heavy atom. The summed E-state index contributed by atoms with van der Waals surface area (Å²) in [5, 5.41) is 0. The highest BCUT2D eigenvalue weighted by molar-refractivity contribution is 9.10. The van der Waals surface area contributed by atoms with Crippen molar-refractivity contribution in [3.63, 3.8) is 0 Å². The van der Waals surface area contributed by atoms with E-state index < -0.39 is 27.0 Å². The third-order valence-electron chi connectivity index (χ3n) is 9.74. The summed E-state index contributed by atoms with van der Waals surface area (Å²) in [7, 11) is -2.31. The topological polar surface area (TPSA) is 139 Å². The second-order valence-corrected chi connectivity index (χ2v) is 31.7. The van der Waals surface area contributed by atoms with Gasteiger partial charge in [-0.15, -0.1) is 0 Å². The fourth-order valence-electron chi connectivity index (χ4n) is 5.98. The zero-order valence-electron chi connectivity index (χ0n) is 36.4. The summed E-state index contributed by atoms with van der Waals surface area (Å²) in [4.78, 5) is 58.7. The average Bonchev–Trinajstić information content (AvgIpc) is 3.82. The molecule has 0 N–H and O–H groups in total. The standard InChI is InChI=1S/C25H35N5O3Si.C17H26BrN3O2Si/c1-25(2,3)22(31)19-16-30(17-33-12-13-34(4,5)6)23-21(19)27-20(14-26-23)29-11-8-18(15-29)24(32)28-9-7-10-28;1-17(2,3)15(22)12-10-21(11-23-7-8-24(4,5)6)16-14(12)20-13(18)9-19-16/h8,11,14-16H,7,9-10,12-13,17H2,1-6H3;9-10H,7-8,11H2,1-6H3. The number of rotatable bonds is 14. The predicted octanol–water partition coefficient (Wildman–Crippen LogP) is 9.34. The van der Waals surface area contributed by atoms with Crippen molar-refractivity contribution in [2.45, 2.75) is 113 Å². The van der Waals surface area contributed by atoms with Gasteiger partial charge < -0.3 is 28.1 Å². The number of amides is 1. The first kappa shape index (κ1) is 45.3. The first-order valence-electron chi connectivity index (χ1n) is 20.0. The van der Waals surface area contributed by atoms with Crippen molar-refractivity contribution in [2.24, 2.45) is 10.8 Å². The summed E-state index contributed by atoms with van der Waals surface area (Å²) in [6.07, 6.45) is 11.6. The van der Waals surface area contributed by atoms with Gasteiger partial charge in [0, 0.05) is 78.1 Å². The molecule has 16 heteroatoms. The Kier molecular flexibility index (Phi) is 13.9. The summed E-state index contributed by atoms with van der Waals surface area (Å²) >= 11 is 3.34. The van der Waals surface area contributed by atoms with Gasteiger partial charge in [-0.2, -0.15) is 0 Å². The van der Waals surface area contributed by atoms with E-state index in [4.69, 9.17) is 14.5 Å². The van der Waals surface area contributed by atoms with Crippen LogP contribution in [0.25, 0.3) is 28.1 Å². The van der Waals surface area contributed by atoms with Crippen molar-refractivity contribution in [3.05, 3.63) is 64.5 Å². The van der Waals surface area contributed by atoms with Crippen molar-refractivity contribution in [2.75, 3.05) is 26.3 Å². The van der Waals surface area contributed by atoms with E-state index in [1.54, 1.807) is 29.2 Å². The van der Waals surface area contributed by atoms with Crippen molar-refractivity contribution in [3.8, 4) is 5.82 Å². The zero-order chi connectivity index (χ0) is 42.8. The molecule has 0 radical (unpaired) electrons. The number of carbonyl (C=O) groups is 3. The summed E-state index contributed by atoms with van der Waals surface area (Å²) in [6, 6.07) is 3.98. The van der Waals surface area contributed by atoms with Gasteiger partial charge in [-0.1, -0.05) is 80.8 Å². The Morgan fingerprint density at radius 3 is 1.66 bits per heavy atom. The van der Waals surface area contributed by atoms with Gasteiger partial charge in [0.25, 0.3) is 5.91 Å². The molecule has 1 saturated heterocycles. The second kappa shape index (κ2) is 17.8. The maximum atomic E-state index is 13.2. The van der Waals surface area contributed by atoms with E-state index in [1.165, 1.54) is 0 Å². The number of fused-ring (bicyclic) bond motifs is 2. The fourth-order valence-corrected chi connectivity index (χ4v) is 7.78. The number of hydrogen-bond donors (Lipinski definition) is 0. The van der Waals surface area contributed by atoms with Crippen LogP contribution in [0.1, 0.15) is 79.0 Å². The summed E-state index contributed by atoms with van der Waals surface area (Å²) in [5.74, 6) is 0.659. The van der Waals surface area contributed by atoms with Crippen LogP contribution >= 0.6 is 15.9 Å². The summed E-state index contributed by atoms with van der Waals surface area (Å²) in [5.41, 5.74) is 3.21. The van der Waals surface area contributed by atoms with Crippen LogP contribution in [0.2, 0.25) is 51.4 Å². The van der Waals surface area contributed by atoms with Crippen LogP contribution < -0.4 is 0 Å². The molecular formula is C42H61BrN8O5Si2. The summed E-state index contributed by atoms with van der Waals surface area (Å²) in [6.45, 7) is 29.1. The Hall–Kier alpha value is -3.84. The molecule has 1 aliphatic rings. The highest BCUT2D eigenvalue weighted by Gasteiger charge is 2.30. The Bertz CT molecular complexity index is 2270. The SMILES string of the molecule is CC(C)(C)C(=O)c1cn(COCC[Si](C)(C)C)c2ncc(-n3ccc(C(=O)N4CCC4)c3)nc12.CC(C)(C)C(=O)c1cn(COCC[Si](C)(C)C)c2ncc(Br)nc12. The van der Waals surface area contributed by atoms with Crippen LogP contribution in [0.5, 0.6) is 0 Å². The van der Waals surface area contributed by atoms with Crippen molar-refractivity contribution >= 4 is 71.9 Å². The smallest absolute Gasteiger partial charge is 0.255 e. The number of ether oxygens (including phenoxy) is 2. The highest BCUT2D eigenvalue weighted by atomic mass is 79.9. The van der Waals surface area contributed by atoms with Crippen LogP contribution in [0.15, 0.2) is 47.9 Å². The van der Waals surface area contributed by atoms with Crippen LogP contribution in [-0.2, 0) is 22.9 Å². The number of aromatic nitrogens is 7. The third kappa shape index (κ3) is 11.5. The lowest BCUT2D eigenvalue weighted by atomic mass is 9.87. The first-order valence-corrected chi connectivity index (χ1v) is 28.2. The van der Waals surface area contributed by atoms with E-state index in [1.807, 2.05) is 74.2 Å². The van der Waals surface area contributed by atoms with Gasteiger partial charge in [0.1, 0.15) is 29.1 Å². The largest absolute Gasteiger partial charge is 0.361 e. The molecule has 314 valence electrons.